The Morgan fingerprint density at radius 3 is 1.56 bits per heavy atom. The fourth-order valence-electron chi connectivity index (χ4n) is 6.19. The molecule has 27 heteroatoms. The number of guanidine groups is 1. The fourth-order valence-corrected chi connectivity index (χ4v) is 7.08. The number of nitrogens with zero attached hydrogens (tertiary/aromatic N) is 1. The Morgan fingerprint density at radius 1 is 0.618 bits per heavy atom. The van der Waals surface area contributed by atoms with Gasteiger partial charge < -0.3 is 75.7 Å². The van der Waals surface area contributed by atoms with E-state index in [4.69, 9.17) is 22.9 Å². The molecule has 0 aliphatic rings. The van der Waals surface area contributed by atoms with Gasteiger partial charge in [-0.2, -0.15) is 37.0 Å². The number of aliphatic imine (C=N–C) groups is 1. The zero-order valence-corrected chi connectivity index (χ0v) is 42.5. The van der Waals surface area contributed by atoms with Crippen molar-refractivity contribution in [1.29, 1.82) is 0 Å². The SMILES string of the molecule is CC[C@H](C)[C@H](NC(=O)[C@H](CC(C)C)NC(=O)[C@H](CCCN=C(N)N)NC(=O)[C@H](CCSC)NC(=O)[C@H](CCCCN)NC(=O)[C@H](CO)NC(=O)[C@H](C)NC(=O)[C@@H](N)CS)C(=O)N[C@@H](CS)C(=O)O. The highest BCUT2D eigenvalue weighted by atomic mass is 32.2. The van der Waals surface area contributed by atoms with Gasteiger partial charge in [0.25, 0.3) is 0 Å². The lowest BCUT2D eigenvalue weighted by Gasteiger charge is -2.29. The third kappa shape index (κ3) is 24.6. The van der Waals surface area contributed by atoms with Gasteiger partial charge in [-0.25, -0.2) is 4.79 Å². The zero-order chi connectivity index (χ0) is 52.1. The van der Waals surface area contributed by atoms with E-state index in [1.807, 2.05) is 0 Å². The summed E-state index contributed by atoms with van der Waals surface area (Å²) in [6.07, 6.45) is 3.35. The summed E-state index contributed by atoms with van der Waals surface area (Å²) in [5.41, 5.74) is 22.3. The van der Waals surface area contributed by atoms with Gasteiger partial charge in [-0.05, 0) is 82.3 Å². The Hall–Kier alpha value is -4.57. The number of aliphatic hydroxyl groups is 1. The van der Waals surface area contributed by atoms with Crippen molar-refractivity contribution in [2.24, 2.45) is 39.8 Å². The maximum atomic E-state index is 14.1. The van der Waals surface area contributed by atoms with E-state index in [2.05, 4.69) is 72.8 Å². The molecule has 0 fully saturated rings. The van der Waals surface area contributed by atoms with Crippen LogP contribution < -0.4 is 65.5 Å². The van der Waals surface area contributed by atoms with E-state index in [1.54, 1.807) is 34.0 Å². The second-order valence-electron chi connectivity index (χ2n) is 16.6. The molecule has 24 nitrogen and oxygen atoms in total. The van der Waals surface area contributed by atoms with E-state index in [-0.39, 0.29) is 68.6 Å². The summed E-state index contributed by atoms with van der Waals surface area (Å²) < 4.78 is 0. The maximum absolute atomic E-state index is 14.1. The topological polar surface area (TPSA) is 407 Å². The van der Waals surface area contributed by atoms with Crippen molar-refractivity contribution >= 4 is 96.2 Å². The summed E-state index contributed by atoms with van der Waals surface area (Å²) in [5.74, 6) is -8.28. The molecule has 0 aliphatic carbocycles. The molecule has 0 heterocycles. The molecule has 0 rings (SSSR count). The molecular formula is C41H77N13O11S3. The Morgan fingerprint density at radius 2 is 1.10 bits per heavy atom. The lowest BCUT2D eigenvalue weighted by molar-refractivity contribution is -0.142. The summed E-state index contributed by atoms with van der Waals surface area (Å²) in [5, 5.41) is 39.9. The summed E-state index contributed by atoms with van der Waals surface area (Å²) in [4.78, 5) is 123. The number of hydrogen-bond donors (Lipinski definition) is 16. The van der Waals surface area contributed by atoms with Gasteiger partial charge in [0, 0.05) is 18.1 Å². The van der Waals surface area contributed by atoms with Crippen LogP contribution in [0.1, 0.15) is 86.0 Å². The van der Waals surface area contributed by atoms with Gasteiger partial charge in [0.2, 0.25) is 47.3 Å². The Kier molecular flexibility index (Phi) is 32.3. The van der Waals surface area contributed by atoms with Gasteiger partial charge in [0.15, 0.2) is 5.96 Å². The van der Waals surface area contributed by atoms with Crippen molar-refractivity contribution in [2.75, 3.05) is 43.2 Å². The number of carboxylic acids is 1. The number of aliphatic carboxylic acids is 1. The quantitative estimate of drug-likeness (QED) is 0.0125. The number of carbonyl (C=O) groups is 9. The number of hydrogen-bond acceptors (Lipinski definition) is 16. The van der Waals surface area contributed by atoms with Crippen LogP contribution in [0.5, 0.6) is 0 Å². The van der Waals surface area contributed by atoms with Crippen molar-refractivity contribution in [3.63, 3.8) is 0 Å². The molecule has 0 aromatic carbocycles. The van der Waals surface area contributed by atoms with Crippen molar-refractivity contribution in [3.05, 3.63) is 0 Å². The van der Waals surface area contributed by atoms with Crippen LogP contribution in [0.2, 0.25) is 0 Å². The van der Waals surface area contributed by atoms with E-state index in [0.29, 0.717) is 25.0 Å². The first-order valence-electron chi connectivity index (χ1n) is 22.5. The van der Waals surface area contributed by atoms with Crippen molar-refractivity contribution in [3.8, 4) is 0 Å². The van der Waals surface area contributed by atoms with Gasteiger partial charge in [0.05, 0.1) is 12.6 Å². The first-order valence-corrected chi connectivity index (χ1v) is 25.2. The van der Waals surface area contributed by atoms with Crippen LogP contribution in [-0.2, 0) is 43.2 Å². The minimum Gasteiger partial charge on any atom is -0.480 e. The molecular weight excluding hydrogens is 947 g/mol. The molecule has 10 atom stereocenters. The van der Waals surface area contributed by atoms with E-state index in [1.165, 1.54) is 18.7 Å². The molecule has 68 heavy (non-hydrogen) atoms. The van der Waals surface area contributed by atoms with Crippen LogP contribution in [-0.4, -0.2) is 167 Å². The minimum absolute atomic E-state index is 0.00599. The predicted octanol–water partition coefficient (Wildman–Crippen LogP) is -3.82. The van der Waals surface area contributed by atoms with E-state index in [0.717, 1.165) is 0 Å². The molecule has 0 radical (unpaired) electrons. The average molecular weight is 1020 g/mol. The summed E-state index contributed by atoms with van der Waals surface area (Å²) >= 11 is 9.32. The second-order valence-corrected chi connectivity index (χ2v) is 18.3. The van der Waals surface area contributed by atoms with Crippen LogP contribution in [0.25, 0.3) is 0 Å². The number of carbonyl (C=O) groups excluding carboxylic acids is 8. The minimum atomic E-state index is -1.55. The summed E-state index contributed by atoms with van der Waals surface area (Å²) in [6.45, 7) is 7.88. The van der Waals surface area contributed by atoms with Gasteiger partial charge in [-0.3, -0.25) is 43.3 Å². The highest BCUT2D eigenvalue weighted by Gasteiger charge is 2.35. The van der Waals surface area contributed by atoms with Crippen molar-refractivity contribution in [2.45, 2.75) is 140 Å². The third-order valence-corrected chi connectivity index (χ3v) is 11.8. The standard InChI is InChI=1S/C41H77N13O11S3/c1-7-22(4)31(39(63)53-30(20-67)40(64)65)54-37(61)28(17-21(2)3)51-35(59)26(12-10-15-46-41(44)45)48-36(60)27(13-16-68-6)50-34(58)25(11-8-9-14-42)49-38(62)29(18-55)52-32(56)23(5)47-33(57)24(43)19-66/h21-31,55,66-67H,7-20,42-43H2,1-6H3,(H,47,57)(H,48,60)(H,49,62)(H,50,58)(H,51,59)(H,52,56)(H,53,63)(H,54,61)(H,64,65)(H4,44,45,46)/t22-,23-,24-,25-,26-,27-,28-,29-,30-,31-/m0/s1. The predicted molar refractivity (Wildman–Crippen MR) is 266 cm³/mol. The van der Waals surface area contributed by atoms with Crippen LogP contribution in [0.3, 0.4) is 0 Å². The van der Waals surface area contributed by atoms with Gasteiger partial charge in [0.1, 0.15) is 48.3 Å². The van der Waals surface area contributed by atoms with E-state index < -0.39 is 120 Å². The highest BCUT2D eigenvalue weighted by molar-refractivity contribution is 7.98. The van der Waals surface area contributed by atoms with E-state index in [9.17, 15) is 53.4 Å². The Balaban J connectivity index is 6.64. The number of nitrogens with two attached hydrogens (primary N) is 4. The number of unbranched alkanes of at least 4 members (excludes halogenated alkanes) is 1. The first kappa shape index (κ1) is 63.4. The number of amides is 8. The molecule has 0 aliphatic heterocycles. The molecule has 0 unspecified atom stereocenters. The Labute approximate surface area is 413 Å². The van der Waals surface area contributed by atoms with Crippen LogP contribution >= 0.6 is 37.0 Å². The van der Waals surface area contributed by atoms with Crippen LogP contribution in [0, 0.1) is 11.8 Å². The largest absolute Gasteiger partial charge is 0.480 e. The molecule has 0 aromatic heterocycles. The zero-order valence-electron chi connectivity index (χ0n) is 39.9. The van der Waals surface area contributed by atoms with Gasteiger partial charge in [-0.15, -0.1) is 0 Å². The normalized spacial score (nSPS) is 15.5. The number of thioether (sulfide) groups is 1. The van der Waals surface area contributed by atoms with Crippen LogP contribution in [0.4, 0.5) is 0 Å². The molecule has 0 saturated heterocycles. The lowest BCUT2D eigenvalue weighted by atomic mass is 9.96. The molecule has 8 amide bonds. The lowest BCUT2D eigenvalue weighted by Crippen LogP contribution is -2.61. The molecule has 0 aromatic rings. The average Bonchev–Trinajstić information content (AvgIpc) is 3.29. The summed E-state index contributed by atoms with van der Waals surface area (Å²) in [6, 6.07) is -11.3. The molecule has 18 N–H and O–H groups in total. The highest BCUT2D eigenvalue weighted by Crippen LogP contribution is 2.13. The molecule has 0 bridgehead atoms. The van der Waals surface area contributed by atoms with Gasteiger partial charge in [-0.1, -0.05) is 34.1 Å². The third-order valence-electron chi connectivity index (χ3n) is 10.4. The summed E-state index contributed by atoms with van der Waals surface area (Å²) in [7, 11) is 0. The number of carboxylic acid groups (broad SMARTS) is 1. The smallest absolute Gasteiger partial charge is 0.327 e. The Bertz CT molecular complexity index is 1680. The molecule has 0 saturated carbocycles. The fraction of sp³-hybridized carbons (Fsp3) is 0.756. The van der Waals surface area contributed by atoms with Crippen molar-refractivity contribution < 1.29 is 53.4 Å². The van der Waals surface area contributed by atoms with Crippen molar-refractivity contribution in [1.82, 2.24) is 42.5 Å². The monoisotopic (exact) mass is 1020 g/mol. The number of rotatable bonds is 35. The number of aliphatic hydroxyl groups excluding tert-OH is 1. The maximum Gasteiger partial charge on any atom is 0.327 e. The molecule has 390 valence electrons. The first-order chi connectivity index (χ1) is 32.0. The van der Waals surface area contributed by atoms with Gasteiger partial charge >= 0.3 is 5.97 Å². The second kappa shape index (κ2) is 34.7. The number of nitrogens with one attached hydrogen (secondary N) is 8. The molecule has 0 spiro atoms. The van der Waals surface area contributed by atoms with Crippen LogP contribution in [0.15, 0.2) is 4.99 Å². The number of thiol groups is 2. The van der Waals surface area contributed by atoms with E-state index >= 15 is 0 Å².